The Morgan fingerprint density at radius 2 is 1.94 bits per heavy atom. The van der Waals surface area contributed by atoms with E-state index < -0.39 is 11.4 Å². The summed E-state index contributed by atoms with van der Waals surface area (Å²) in [5, 5.41) is 14.6. The first kappa shape index (κ1) is 23.3. The number of nitrogens with zero attached hydrogens (tertiary/aromatic N) is 2. The highest BCUT2D eigenvalue weighted by Crippen LogP contribution is 2.42. The van der Waals surface area contributed by atoms with E-state index in [1.807, 2.05) is 38.1 Å². The van der Waals surface area contributed by atoms with Crippen molar-refractivity contribution < 1.29 is 19.4 Å². The Balaban J connectivity index is 1.95. The van der Waals surface area contributed by atoms with Gasteiger partial charge in [-0.05, 0) is 51.2 Å². The Kier molecular flexibility index (Phi) is 7.70. The van der Waals surface area contributed by atoms with E-state index in [1.165, 1.54) is 0 Å². The van der Waals surface area contributed by atoms with Crippen molar-refractivity contribution in [1.82, 2.24) is 9.78 Å². The van der Waals surface area contributed by atoms with Crippen molar-refractivity contribution in [2.24, 2.45) is 0 Å². The highest BCUT2D eigenvalue weighted by atomic mass is 32.1. The summed E-state index contributed by atoms with van der Waals surface area (Å²) in [5.41, 5.74) is 1.33. The van der Waals surface area contributed by atoms with E-state index in [0.29, 0.717) is 38.1 Å². The summed E-state index contributed by atoms with van der Waals surface area (Å²) in [6.45, 7) is 6.92. The molecule has 0 fully saturated rings. The zero-order valence-electron chi connectivity index (χ0n) is 18.6. The lowest BCUT2D eigenvalue weighted by Crippen LogP contribution is -2.34. The van der Waals surface area contributed by atoms with Gasteiger partial charge < -0.3 is 9.84 Å². The lowest BCUT2D eigenvalue weighted by Gasteiger charge is -2.25. The fourth-order valence-corrected chi connectivity index (χ4v) is 5.40. The summed E-state index contributed by atoms with van der Waals surface area (Å²) in [6.07, 6.45) is 9.48. The molecule has 0 saturated carbocycles. The maximum Gasteiger partial charge on any atom is 0.354 e. The van der Waals surface area contributed by atoms with E-state index in [1.54, 1.807) is 16.0 Å². The largest absolute Gasteiger partial charge is 0.477 e. The van der Waals surface area contributed by atoms with Gasteiger partial charge in [-0.15, -0.1) is 11.3 Å². The molecule has 0 aromatic carbocycles. The minimum atomic E-state index is -0.932. The third kappa shape index (κ3) is 4.76. The van der Waals surface area contributed by atoms with Crippen molar-refractivity contribution in [2.45, 2.75) is 77.7 Å². The first-order valence-electron chi connectivity index (χ1n) is 11.2. The molecule has 1 N–H and O–H groups in total. The van der Waals surface area contributed by atoms with Gasteiger partial charge in [0, 0.05) is 28.3 Å². The van der Waals surface area contributed by atoms with Crippen LogP contribution >= 0.6 is 11.3 Å². The van der Waals surface area contributed by atoms with Crippen LogP contribution in [0.3, 0.4) is 0 Å². The van der Waals surface area contributed by atoms with Gasteiger partial charge in [0.25, 0.3) is 0 Å². The second-order valence-corrected chi connectivity index (χ2v) is 9.20. The van der Waals surface area contributed by atoms with Gasteiger partial charge in [0.2, 0.25) is 0 Å². The third-order valence-corrected chi connectivity index (χ3v) is 7.08. The van der Waals surface area contributed by atoms with Gasteiger partial charge >= 0.3 is 11.9 Å². The minimum Gasteiger partial charge on any atom is -0.477 e. The molecule has 0 amide bonds. The number of ether oxygens (including phenoxy) is 1. The molecular weight excluding hydrogens is 412 g/mol. The van der Waals surface area contributed by atoms with E-state index in [2.05, 4.69) is 12.0 Å². The van der Waals surface area contributed by atoms with Crippen molar-refractivity contribution in [3.63, 3.8) is 0 Å². The van der Waals surface area contributed by atoms with Gasteiger partial charge in [-0.25, -0.2) is 4.79 Å². The molecule has 168 valence electrons. The number of esters is 1. The van der Waals surface area contributed by atoms with Crippen LogP contribution in [0.4, 0.5) is 0 Å². The van der Waals surface area contributed by atoms with Crippen molar-refractivity contribution >= 4 is 23.3 Å². The number of carbonyl (C=O) groups excluding carboxylic acids is 1. The number of aryl methyl sites for hydroxylation is 2. The molecule has 0 spiro atoms. The van der Waals surface area contributed by atoms with Gasteiger partial charge in [0.1, 0.15) is 11.1 Å². The second-order valence-electron chi connectivity index (χ2n) is 8.03. The normalized spacial score (nSPS) is 14.8. The molecule has 6 nitrogen and oxygen atoms in total. The molecule has 3 rings (SSSR count). The smallest absolute Gasteiger partial charge is 0.354 e. The lowest BCUT2D eigenvalue weighted by atomic mass is 9.84. The molecule has 0 bridgehead atoms. The number of thiophene rings is 1. The first-order valence-corrected chi connectivity index (χ1v) is 12.0. The highest BCUT2D eigenvalue weighted by Gasteiger charge is 2.43. The van der Waals surface area contributed by atoms with Crippen LogP contribution in [0.2, 0.25) is 0 Å². The zero-order valence-corrected chi connectivity index (χ0v) is 19.5. The molecule has 0 aliphatic heterocycles. The summed E-state index contributed by atoms with van der Waals surface area (Å²) in [7, 11) is 0. The average molecular weight is 445 g/mol. The second kappa shape index (κ2) is 10.3. The third-order valence-electron chi connectivity index (χ3n) is 5.79. The fraction of sp³-hybridized carbons (Fsp3) is 0.542. The molecule has 1 aliphatic rings. The molecule has 2 aromatic heterocycles. The van der Waals surface area contributed by atoms with Crippen LogP contribution in [0.15, 0.2) is 24.3 Å². The Hall–Kier alpha value is -2.41. The molecule has 2 heterocycles. The van der Waals surface area contributed by atoms with E-state index >= 15 is 0 Å². The zero-order chi connectivity index (χ0) is 22.4. The first-order chi connectivity index (χ1) is 15.0. The molecule has 0 atom stereocenters. The maximum absolute atomic E-state index is 12.8. The quantitative estimate of drug-likeness (QED) is 0.383. The van der Waals surface area contributed by atoms with Crippen molar-refractivity contribution in [3.05, 3.63) is 51.0 Å². The van der Waals surface area contributed by atoms with Crippen LogP contribution in [-0.4, -0.2) is 33.4 Å². The van der Waals surface area contributed by atoms with Crippen molar-refractivity contribution in [2.75, 3.05) is 6.61 Å². The number of carboxylic acid groups (broad SMARTS) is 1. The summed E-state index contributed by atoms with van der Waals surface area (Å²) in [5.74, 6) is -1.11. The maximum atomic E-state index is 12.8. The topological polar surface area (TPSA) is 81.4 Å². The van der Waals surface area contributed by atoms with Crippen LogP contribution in [0, 0.1) is 0 Å². The van der Waals surface area contributed by atoms with Gasteiger partial charge in [0.15, 0.2) is 0 Å². The molecule has 2 aromatic rings. The SMILES string of the molecule is CCCCc1nn(CCC)c(C(=O)O)c1Cc1ccc(C2(C(=O)OCC)CC=CC2)s1. The number of aromatic carboxylic acids is 1. The van der Waals surface area contributed by atoms with Crippen molar-refractivity contribution in [3.8, 4) is 0 Å². The van der Waals surface area contributed by atoms with Crippen LogP contribution < -0.4 is 0 Å². The molecular formula is C24H32N2O4S. The number of hydrogen-bond acceptors (Lipinski definition) is 5. The summed E-state index contributed by atoms with van der Waals surface area (Å²) < 4.78 is 7.04. The van der Waals surface area contributed by atoms with Crippen LogP contribution in [-0.2, 0) is 34.3 Å². The predicted octanol–water partition coefficient (Wildman–Crippen LogP) is 5.14. The van der Waals surface area contributed by atoms with E-state index in [9.17, 15) is 14.7 Å². The summed E-state index contributed by atoms with van der Waals surface area (Å²) in [6, 6.07) is 4.03. The summed E-state index contributed by atoms with van der Waals surface area (Å²) >= 11 is 1.58. The number of unbranched alkanes of at least 4 members (excludes halogenated alkanes) is 1. The molecule has 7 heteroatoms. The van der Waals surface area contributed by atoms with Gasteiger partial charge in [-0.3, -0.25) is 9.48 Å². The Morgan fingerprint density at radius 3 is 2.55 bits per heavy atom. The number of allylic oxidation sites excluding steroid dienone is 2. The molecule has 0 radical (unpaired) electrons. The fourth-order valence-electron chi connectivity index (χ4n) is 4.19. The average Bonchev–Trinajstić information content (AvgIpc) is 3.46. The monoisotopic (exact) mass is 444 g/mol. The highest BCUT2D eigenvalue weighted by molar-refractivity contribution is 7.12. The Morgan fingerprint density at radius 1 is 1.19 bits per heavy atom. The minimum absolute atomic E-state index is 0.181. The molecule has 0 saturated heterocycles. The summed E-state index contributed by atoms with van der Waals surface area (Å²) in [4.78, 5) is 26.9. The van der Waals surface area contributed by atoms with Crippen LogP contribution in [0.1, 0.15) is 84.4 Å². The molecule has 1 aliphatic carbocycles. The standard InChI is InChI=1S/C24H32N2O4S/c1-4-7-10-19-18(21(22(27)28)26(25-19)15-5-2)16-17-11-12-20(31-17)24(13-8-9-14-24)23(29)30-6-3/h8-9,11-12H,4-7,10,13-16H2,1-3H3,(H,27,28). The Labute approximate surface area is 187 Å². The van der Waals surface area contributed by atoms with Gasteiger partial charge in [0.05, 0.1) is 12.3 Å². The van der Waals surface area contributed by atoms with Crippen molar-refractivity contribution in [1.29, 1.82) is 0 Å². The number of rotatable bonds is 11. The van der Waals surface area contributed by atoms with E-state index in [0.717, 1.165) is 46.7 Å². The molecule has 0 unspecified atom stereocenters. The molecule has 31 heavy (non-hydrogen) atoms. The number of hydrogen-bond donors (Lipinski definition) is 1. The number of carboxylic acids is 1. The predicted molar refractivity (Wildman–Crippen MR) is 122 cm³/mol. The van der Waals surface area contributed by atoms with Crippen LogP contribution in [0.25, 0.3) is 0 Å². The Bertz CT molecular complexity index is 949. The van der Waals surface area contributed by atoms with Gasteiger partial charge in [-0.2, -0.15) is 5.10 Å². The lowest BCUT2D eigenvalue weighted by molar-refractivity contribution is -0.149. The number of carbonyl (C=O) groups is 2. The van der Waals surface area contributed by atoms with E-state index in [4.69, 9.17) is 4.74 Å². The number of aromatic nitrogens is 2. The van der Waals surface area contributed by atoms with Crippen LogP contribution in [0.5, 0.6) is 0 Å². The van der Waals surface area contributed by atoms with Gasteiger partial charge in [-0.1, -0.05) is 32.4 Å². The van der Waals surface area contributed by atoms with E-state index in [-0.39, 0.29) is 5.97 Å².